The number of alkyl halides is 2. The Morgan fingerprint density at radius 2 is 1.90 bits per heavy atom. The Bertz CT molecular complexity index is 587. The van der Waals surface area contributed by atoms with Crippen LogP contribution >= 0.6 is 11.8 Å². The van der Waals surface area contributed by atoms with Crippen LogP contribution in [0.15, 0.2) is 47.4 Å². The molecule has 0 atom stereocenters. The quantitative estimate of drug-likeness (QED) is 0.774. The van der Waals surface area contributed by atoms with Gasteiger partial charge in [0.05, 0.1) is 0 Å². The molecular weight excluding hydrogens is 283 g/mol. The van der Waals surface area contributed by atoms with E-state index in [0.717, 1.165) is 11.1 Å². The fourth-order valence-electron chi connectivity index (χ4n) is 1.86. The normalized spacial score (nSPS) is 10.8. The van der Waals surface area contributed by atoms with Crippen molar-refractivity contribution in [3.8, 4) is 0 Å². The van der Waals surface area contributed by atoms with Crippen molar-refractivity contribution in [3.63, 3.8) is 0 Å². The van der Waals surface area contributed by atoms with Crippen LogP contribution in [0.4, 0.5) is 18.9 Å². The Morgan fingerprint density at radius 3 is 2.60 bits per heavy atom. The molecule has 106 valence electrons. The first-order valence-corrected chi connectivity index (χ1v) is 6.97. The average molecular weight is 297 g/mol. The summed E-state index contributed by atoms with van der Waals surface area (Å²) in [7, 11) is 0. The molecule has 0 amide bonds. The molecule has 0 saturated carbocycles. The van der Waals surface area contributed by atoms with Gasteiger partial charge in [0.15, 0.2) is 0 Å². The predicted molar refractivity (Wildman–Crippen MR) is 76.8 cm³/mol. The van der Waals surface area contributed by atoms with Crippen molar-refractivity contribution in [2.75, 3.05) is 5.32 Å². The summed E-state index contributed by atoms with van der Waals surface area (Å²) in [6.45, 7) is 2.28. The number of anilines is 1. The number of aryl methyl sites for hydroxylation is 1. The van der Waals surface area contributed by atoms with Crippen LogP contribution in [0, 0.1) is 12.7 Å². The van der Waals surface area contributed by atoms with Gasteiger partial charge in [-0.25, -0.2) is 4.39 Å². The third-order valence-corrected chi connectivity index (χ3v) is 3.67. The summed E-state index contributed by atoms with van der Waals surface area (Å²) >= 11 is 0.511. The molecule has 20 heavy (non-hydrogen) atoms. The molecule has 2 aromatic rings. The zero-order chi connectivity index (χ0) is 14.5. The van der Waals surface area contributed by atoms with E-state index in [9.17, 15) is 13.2 Å². The molecule has 1 nitrogen and oxygen atoms in total. The molecule has 0 aromatic heterocycles. The fourth-order valence-corrected chi connectivity index (χ4v) is 2.48. The van der Waals surface area contributed by atoms with Gasteiger partial charge in [-0.2, -0.15) is 8.78 Å². The highest BCUT2D eigenvalue weighted by molar-refractivity contribution is 7.99. The van der Waals surface area contributed by atoms with Crippen LogP contribution in [0.1, 0.15) is 11.1 Å². The predicted octanol–water partition coefficient (Wildman–Crippen LogP) is 5.06. The van der Waals surface area contributed by atoms with Gasteiger partial charge in [-0.1, -0.05) is 30.0 Å². The Kier molecular flexibility index (Phi) is 4.95. The first kappa shape index (κ1) is 14.8. The van der Waals surface area contributed by atoms with E-state index >= 15 is 0 Å². The molecule has 5 heteroatoms. The van der Waals surface area contributed by atoms with E-state index in [-0.39, 0.29) is 5.82 Å². The lowest BCUT2D eigenvalue weighted by Crippen LogP contribution is -2.03. The van der Waals surface area contributed by atoms with Gasteiger partial charge in [-0.05, 0) is 42.3 Å². The first-order chi connectivity index (χ1) is 9.56. The number of thioether (sulfide) groups is 1. The monoisotopic (exact) mass is 297 g/mol. The van der Waals surface area contributed by atoms with Crippen molar-refractivity contribution in [1.29, 1.82) is 0 Å². The second-order valence-corrected chi connectivity index (χ2v) is 5.33. The van der Waals surface area contributed by atoms with Crippen LogP contribution in [-0.2, 0) is 6.54 Å². The topological polar surface area (TPSA) is 12.0 Å². The fraction of sp³-hybridized carbons (Fsp3) is 0.200. The van der Waals surface area contributed by atoms with Crippen LogP contribution in [0.25, 0.3) is 0 Å². The standard InChI is InChI=1S/C15H14F3NS/c1-10-8-12(16)7-6-11(10)9-19-13-4-2-3-5-14(13)20-15(17)18/h2-8,15,19H,9H2,1H3. The van der Waals surface area contributed by atoms with Crippen LogP contribution in [-0.4, -0.2) is 5.76 Å². The van der Waals surface area contributed by atoms with Crippen LogP contribution in [0.5, 0.6) is 0 Å². The van der Waals surface area contributed by atoms with Crippen LogP contribution in [0.2, 0.25) is 0 Å². The van der Waals surface area contributed by atoms with Gasteiger partial charge < -0.3 is 5.32 Å². The lowest BCUT2D eigenvalue weighted by atomic mass is 10.1. The highest BCUT2D eigenvalue weighted by atomic mass is 32.2. The molecule has 0 spiro atoms. The lowest BCUT2D eigenvalue weighted by molar-refractivity contribution is 0.252. The van der Waals surface area contributed by atoms with Gasteiger partial charge in [0, 0.05) is 17.1 Å². The third-order valence-electron chi connectivity index (χ3n) is 2.88. The van der Waals surface area contributed by atoms with Crippen molar-refractivity contribution >= 4 is 17.4 Å². The van der Waals surface area contributed by atoms with Crippen molar-refractivity contribution < 1.29 is 13.2 Å². The Labute approximate surface area is 120 Å². The van der Waals surface area contributed by atoms with Crippen molar-refractivity contribution in [1.82, 2.24) is 0 Å². The summed E-state index contributed by atoms with van der Waals surface area (Å²) in [4.78, 5) is 0.502. The lowest BCUT2D eigenvalue weighted by Gasteiger charge is -2.12. The largest absolute Gasteiger partial charge is 0.380 e. The summed E-state index contributed by atoms with van der Waals surface area (Å²) in [5.74, 6) is -2.73. The molecule has 1 N–H and O–H groups in total. The molecule has 0 fully saturated rings. The maximum atomic E-state index is 13.0. The molecule has 0 saturated heterocycles. The zero-order valence-electron chi connectivity index (χ0n) is 10.9. The second-order valence-electron chi connectivity index (χ2n) is 4.30. The summed E-state index contributed by atoms with van der Waals surface area (Å²) in [6.07, 6.45) is 0. The van der Waals surface area contributed by atoms with E-state index in [1.54, 1.807) is 30.3 Å². The highest BCUT2D eigenvalue weighted by Gasteiger charge is 2.09. The molecule has 0 aliphatic carbocycles. The number of nitrogens with one attached hydrogen (secondary N) is 1. The summed E-state index contributed by atoms with van der Waals surface area (Å²) in [5, 5.41) is 3.12. The smallest absolute Gasteiger partial charge is 0.288 e. The number of rotatable bonds is 5. The number of hydrogen-bond acceptors (Lipinski definition) is 2. The minimum Gasteiger partial charge on any atom is -0.380 e. The highest BCUT2D eigenvalue weighted by Crippen LogP contribution is 2.31. The summed E-state index contributed by atoms with van der Waals surface area (Å²) in [5.41, 5.74) is 2.42. The number of benzene rings is 2. The van der Waals surface area contributed by atoms with Gasteiger partial charge in [-0.15, -0.1) is 0 Å². The van der Waals surface area contributed by atoms with Crippen LogP contribution in [0.3, 0.4) is 0 Å². The van der Waals surface area contributed by atoms with E-state index < -0.39 is 5.76 Å². The van der Waals surface area contributed by atoms with Crippen molar-refractivity contribution in [2.45, 2.75) is 24.1 Å². The molecule has 0 bridgehead atoms. The number of halogens is 3. The molecule has 0 heterocycles. The molecule has 2 aromatic carbocycles. The molecule has 0 unspecified atom stereocenters. The van der Waals surface area contributed by atoms with E-state index in [1.807, 2.05) is 6.92 Å². The third kappa shape index (κ3) is 3.93. The van der Waals surface area contributed by atoms with Crippen molar-refractivity contribution in [3.05, 3.63) is 59.4 Å². The van der Waals surface area contributed by atoms with Crippen molar-refractivity contribution in [2.24, 2.45) is 0 Å². The number of hydrogen-bond donors (Lipinski definition) is 1. The average Bonchev–Trinajstić information content (AvgIpc) is 2.39. The van der Waals surface area contributed by atoms with Gasteiger partial charge in [0.2, 0.25) is 0 Å². The SMILES string of the molecule is Cc1cc(F)ccc1CNc1ccccc1SC(F)F. The molecular formula is C15H14F3NS. The van der Waals surface area contributed by atoms with Gasteiger partial charge in [0.1, 0.15) is 5.82 Å². The second kappa shape index (κ2) is 6.70. The van der Waals surface area contributed by atoms with E-state index in [4.69, 9.17) is 0 Å². The van der Waals surface area contributed by atoms with Gasteiger partial charge in [0.25, 0.3) is 5.76 Å². The van der Waals surface area contributed by atoms with E-state index in [2.05, 4.69) is 5.32 Å². The minimum absolute atomic E-state index is 0.278. The van der Waals surface area contributed by atoms with Gasteiger partial charge in [-0.3, -0.25) is 0 Å². The molecule has 0 aliphatic heterocycles. The Morgan fingerprint density at radius 1 is 1.15 bits per heavy atom. The summed E-state index contributed by atoms with van der Waals surface area (Å²) in [6, 6.07) is 11.5. The first-order valence-electron chi connectivity index (χ1n) is 6.09. The van der Waals surface area contributed by atoms with Gasteiger partial charge >= 0.3 is 0 Å². The van der Waals surface area contributed by atoms with E-state index in [1.165, 1.54) is 12.1 Å². The molecule has 0 radical (unpaired) electrons. The molecule has 2 rings (SSSR count). The van der Waals surface area contributed by atoms with E-state index in [0.29, 0.717) is 28.9 Å². The maximum absolute atomic E-state index is 13.0. The van der Waals surface area contributed by atoms with Crippen LogP contribution < -0.4 is 5.32 Å². The number of para-hydroxylation sites is 1. The Balaban J connectivity index is 2.10. The minimum atomic E-state index is -2.45. The summed E-state index contributed by atoms with van der Waals surface area (Å²) < 4.78 is 37.9. The Hall–Kier alpha value is -1.62. The molecule has 0 aliphatic rings. The maximum Gasteiger partial charge on any atom is 0.288 e. The zero-order valence-corrected chi connectivity index (χ0v) is 11.7.